The first-order chi connectivity index (χ1) is 14.2. The van der Waals surface area contributed by atoms with Crippen molar-refractivity contribution in [1.82, 2.24) is 15.5 Å². The molecule has 154 valence electrons. The van der Waals surface area contributed by atoms with E-state index >= 15 is 0 Å². The van der Waals surface area contributed by atoms with E-state index in [0.717, 1.165) is 47.9 Å². The second kappa shape index (κ2) is 10.5. The van der Waals surface area contributed by atoms with Crippen molar-refractivity contribution < 1.29 is 9.53 Å². The second-order valence-corrected chi connectivity index (χ2v) is 7.14. The van der Waals surface area contributed by atoms with Crippen LogP contribution in [0.3, 0.4) is 0 Å². The first-order valence-electron chi connectivity index (χ1n) is 10.2. The number of rotatable bonds is 8. The molecule has 1 heterocycles. The van der Waals surface area contributed by atoms with Crippen molar-refractivity contribution in [2.75, 3.05) is 20.2 Å². The molecule has 6 nitrogen and oxygen atoms in total. The molecule has 0 spiro atoms. The van der Waals surface area contributed by atoms with Crippen LogP contribution in [0.4, 0.5) is 0 Å². The molecule has 29 heavy (non-hydrogen) atoms. The minimum atomic E-state index is 0.254. The highest BCUT2D eigenvalue weighted by molar-refractivity contribution is 5.79. The number of carbonyl (C=O) groups is 1. The maximum Gasteiger partial charge on any atom is 0.222 e. The van der Waals surface area contributed by atoms with E-state index in [1.54, 1.807) is 7.11 Å². The van der Waals surface area contributed by atoms with Crippen molar-refractivity contribution in [2.24, 2.45) is 4.99 Å². The Kier molecular flexibility index (Phi) is 7.50. The van der Waals surface area contributed by atoms with Crippen molar-refractivity contribution in [2.45, 2.75) is 39.4 Å². The Morgan fingerprint density at radius 2 is 1.90 bits per heavy atom. The number of amides is 1. The standard InChI is InChI=1S/C23H30N4O2/c1-3-24-23(26-16-19-8-5-10-21(14-19)29-2)25-15-18-7-4-9-20(13-18)17-27-12-6-11-22(27)28/h4-5,7-10,13-14H,3,6,11-12,15-17H2,1-2H3,(H2,24,25,26). The lowest BCUT2D eigenvalue weighted by Gasteiger charge is -2.16. The molecule has 2 aromatic rings. The van der Waals surface area contributed by atoms with Gasteiger partial charge < -0.3 is 20.3 Å². The number of nitrogens with zero attached hydrogens (tertiary/aromatic N) is 2. The third-order valence-corrected chi connectivity index (χ3v) is 4.89. The van der Waals surface area contributed by atoms with Gasteiger partial charge in [0.15, 0.2) is 5.96 Å². The maximum absolute atomic E-state index is 11.9. The SMILES string of the molecule is CCNC(=NCc1cccc(CN2CCCC2=O)c1)NCc1cccc(OC)c1. The van der Waals surface area contributed by atoms with Crippen LogP contribution in [0.1, 0.15) is 36.5 Å². The van der Waals surface area contributed by atoms with Crippen LogP contribution in [0.2, 0.25) is 0 Å². The number of likely N-dealkylation sites (tertiary alicyclic amines) is 1. The summed E-state index contributed by atoms with van der Waals surface area (Å²) in [6.45, 7) is 5.64. The number of aliphatic imine (C=N–C) groups is 1. The summed E-state index contributed by atoms with van der Waals surface area (Å²) in [6.07, 6.45) is 1.64. The molecule has 2 aromatic carbocycles. The molecule has 6 heteroatoms. The van der Waals surface area contributed by atoms with Gasteiger partial charge in [0.05, 0.1) is 13.7 Å². The Hall–Kier alpha value is -3.02. The topological polar surface area (TPSA) is 66.0 Å². The molecule has 0 bridgehead atoms. The summed E-state index contributed by atoms with van der Waals surface area (Å²) in [5.41, 5.74) is 3.42. The molecule has 3 rings (SSSR count). The minimum Gasteiger partial charge on any atom is -0.497 e. The van der Waals surface area contributed by atoms with Gasteiger partial charge >= 0.3 is 0 Å². The number of methoxy groups -OCH3 is 1. The highest BCUT2D eigenvalue weighted by Gasteiger charge is 2.19. The predicted octanol–water partition coefficient (Wildman–Crippen LogP) is 3.07. The van der Waals surface area contributed by atoms with E-state index in [-0.39, 0.29) is 5.91 Å². The van der Waals surface area contributed by atoms with Gasteiger partial charge in [-0.05, 0) is 42.2 Å². The first-order valence-corrected chi connectivity index (χ1v) is 10.2. The van der Waals surface area contributed by atoms with E-state index in [2.05, 4.69) is 41.8 Å². The van der Waals surface area contributed by atoms with Gasteiger partial charge in [0.2, 0.25) is 5.91 Å². The average Bonchev–Trinajstić information content (AvgIpc) is 3.15. The molecule has 1 fully saturated rings. The predicted molar refractivity (Wildman–Crippen MR) is 116 cm³/mol. The molecule has 0 atom stereocenters. The van der Waals surface area contributed by atoms with E-state index in [9.17, 15) is 4.79 Å². The summed E-state index contributed by atoms with van der Waals surface area (Å²) in [5.74, 6) is 1.87. The monoisotopic (exact) mass is 394 g/mol. The van der Waals surface area contributed by atoms with E-state index in [0.29, 0.717) is 26.1 Å². The molecule has 0 radical (unpaired) electrons. The molecule has 0 unspecified atom stereocenters. The van der Waals surface area contributed by atoms with Crippen LogP contribution in [0.5, 0.6) is 5.75 Å². The fourth-order valence-corrected chi connectivity index (χ4v) is 3.40. The zero-order chi connectivity index (χ0) is 20.5. The number of guanidine groups is 1. The molecule has 2 N–H and O–H groups in total. The third kappa shape index (κ3) is 6.24. The van der Waals surface area contributed by atoms with E-state index < -0.39 is 0 Å². The van der Waals surface area contributed by atoms with Crippen LogP contribution in [0.25, 0.3) is 0 Å². The Morgan fingerprint density at radius 3 is 2.66 bits per heavy atom. The van der Waals surface area contributed by atoms with Crippen molar-refractivity contribution in [3.8, 4) is 5.75 Å². The van der Waals surface area contributed by atoms with Crippen molar-refractivity contribution in [3.05, 3.63) is 65.2 Å². The zero-order valence-corrected chi connectivity index (χ0v) is 17.3. The summed E-state index contributed by atoms with van der Waals surface area (Å²) >= 11 is 0. The number of carbonyl (C=O) groups excluding carboxylic acids is 1. The number of hydrogen-bond donors (Lipinski definition) is 2. The third-order valence-electron chi connectivity index (χ3n) is 4.89. The average molecular weight is 395 g/mol. The smallest absolute Gasteiger partial charge is 0.222 e. The highest BCUT2D eigenvalue weighted by Crippen LogP contribution is 2.16. The zero-order valence-electron chi connectivity index (χ0n) is 17.3. The molecule has 0 saturated carbocycles. The largest absolute Gasteiger partial charge is 0.497 e. The van der Waals surface area contributed by atoms with Gasteiger partial charge in [0.25, 0.3) is 0 Å². The Labute approximate surface area is 173 Å². The maximum atomic E-state index is 11.9. The Balaban J connectivity index is 1.60. The van der Waals surface area contributed by atoms with Gasteiger partial charge in [-0.3, -0.25) is 4.79 Å². The van der Waals surface area contributed by atoms with Crippen LogP contribution in [0, 0.1) is 0 Å². The molecule has 1 aliphatic heterocycles. The number of benzene rings is 2. The molecule has 0 aliphatic carbocycles. The quantitative estimate of drug-likeness (QED) is 0.533. The van der Waals surface area contributed by atoms with Crippen molar-refractivity contribution in [1.29, 1.82) is 0 Å². The van der Waals surface area contributed by atoms with Crippen LogP contribution in [-0.2, 0) is 24.4 Å². The van der Waals surface area contributed by atoms with E-state index in [1.807, 2.05) is 29.2 Å². The van der Waals surface area contributed by atoms with E-state index in [4.69, 9.17) is 9.73 Å². The van der Waals surface area contributed by atoms with Gasteiger partial charge in [0, 0.05) is 32.6 Å². The molecule has 1 amide bonds. The normalized spacial score (nSPS) is 14.2. The van der Waals surface area contributed by atoms with Crippen molar-refractivity contribution >= 4 is 11.9 Å². The molecule has 1 saturated heterocycles. The fourth-order valence-electron chi connectivity index (χ4n) is 3.40. The van der Waals surface area contributed by atoms with Gasteiger partial charge in [0.1, 0.15) is 5.75 Å². The highest BCUT2D eigenvalue weighted by atomic mass is 16.5. The van der Waals surface area contributed by atoms with Gasteiger partial charge in [-0.1, -0.05) is 36.4 Å². The van der Waals surface area contributed by atoms with Gasteiger partial charge in [-0.15, -0.1) is 0 Å². The molecule has 1 aliphatic rings. The summed E-state index contributed by atoms with van der Waals surface area (Å²) in [6, 6.07) is 16.3. The summed E-state index contributed by atoms with van der Waals surface area (Å²) in [7, 11) is 1.67. The lowest BCUT2D eigenvalue weighted by molar-refractivity contribution is -0.128. The molecular weight excluding hydrogens is 364 g/mol. The van der Waals surface area contributed by atoms with Gasteiger partial charge in [-0.25, -0.2) is 4.99 Å². The molecular formula is C23H30N4O2. The number of hydrogen-bond acceptors (Lipinski definition) is 3. The van der Waals surface area contributed by atoms with Crippen molar-refractivity contribution in [3.63, 3.8) is 0 Å². The van der Waals surface area contributed by atoms with E-state index in [1.165, 1.54) is 0 Å². The fraction of sp³-hybridized carbons (Fsp3) is 0.391. The van der Waals surface area contributed by atoms with Crippen LogP contribution >= 0.6 is 0 Å². The number of ether oxygens (including phenoxy) is 1. The van der Waals surface area contributed by atoms with Crippen LogP contribution in [0.15, 0.2) is 53.5 Å². The van der Waals surface area contributed by atoms with Crippen LogP contribution in [-0.4, -0.2) is 37.0 Å². The summed E-state index contributed by atoms with van der Waals surface area (Å²) < 4.78 is 5.28. The summed E-state index contributed by atoms with van der Waals surface area (Å²) in [4.78, 5) is 18.5. The van der Waals surface area contributed by atoms with Crippen LogP contribution < -0.4 is 15.4 Å². The number of nitrogens with one attached hydrogen (secondary N) is 2. The Bertz CT molecular complexity index is 850. The lowest BCUT2D eigenvalue weighted by atomic mass is 10.1. The second-order valence-electron chi connectivity index (χ2n) is 7.14. The van der Waals surface area contributed by atoms with Gasteiger partial charge in [-0.2, -0.15) is 0 Å². The first kappa shape index (κ1) is 20.7. The molecule has 0 aromatic heterocycles. The summed E-state index contributed by atoms with van der Waals surface area (Å²) in [5, 5.41) is 6.65. The Morgan fingerprint density at radius 1 is 1.10 bits per heavy atom. The lowest BCUT2D eigenvalue weighted by Crippen LogP contribution is -2.36. The minimum absolute atomic E-state index is 0.254.